The zero-order valence-corrected chi connectivity index (χ0v) is 4.96. The highest BCUT2D eigenvalue weighted by atomic mass is 32.1. The van der Waals surface area contributed by atoms with E-state index in [1.165, 1.54) is 6.20 Å². The van der Waals surface area contributed by atoms with Crippen molar-refractivity contribution in [3.8, 4) is 0 Å². The van der Waals surface area contributed by atoms with Gasteiger partial charge in [0.2, 0.25) is 0 Å². The molecule has 3 heteroatoms. The van der Waals surface area contributed by atoms with Crippen LogP contribution >= 0.6 is 12.2 Å². The van der Waals surface area contributed by atoms with Crippen LogP contribution in [0.1, 0.15) is 6.92 Å². The molecule has 0 atom stereocenters. The average Bonchev–Trinajstić information content (AvgIpc) is 1.61. The minimum Gasteiger partial charge on any atom is -0.403 e. The molecule has 0 aromatic heterocycles. The lowest BCUT2D eigenvalue weighted by Gasteiger charge is -1.89. The predicted molar refractivity (Wildman–Crippen MR) is 34.7 cm³/mol. The first-order valence-electron chi connectivity index (χ1n) is 1.91. The highest BCUT2D eigenvalue weighted by Gasteiger charge is 1.71. The van der Waals surface area contributed by atoms with Crippen molar-refractivity contribution in [3.63, 3.8) is 0 Å². The van der Waals surface area contributed by atoms with Crippen LogP contribution in [0.5, 0.6) is 0 Å². The van der Waals surface area contributed by atoms with Crippen molar-refractivity contribution in [2.45, 2.75) is 6.92 Å². The van der Waals surface area contributed by atoms with Crippen molar-refractivity contribution in [1.29, 1.82) is 0 Å². The Labute approximate surface area is 48.4 Å². The van der Waals surface area contributed by atoms with Crippen molar-refractivity contribution in [3.05, 3.63) is 12.4 Å². The lowest BCUT2D eigenvalue weighted by atomic mass is 10.7. The van der Waals surface area contributed by atoms with Gasteiger partial charge in [-0.15, -0.1) is 0 Å². The topological polar surface area (TPSA) is 38.0 Å². The van der Waals surface area contributed by atoms with Crippen LogP contribution in [-0.2, 0) is 0 Å². The second-order valence-electron chi connectivity index (χ2n) is 1.06. The monoisotopic (exact) mass is 116 g/mol. The van der Waals surface area contributed by atoms with Gasteiger partial charge in [0.25, 0.3) is 0 Å². The van der Waals surface area contributed by atoms with Crippen LogP contribution in [0.25, 0.3) is 0 Å². The summed E-state index contributed by atoms with van der Waals surface area (Å²) in [6.07, 6.45) is 2.98. The third-order valence-corrected chi connectivity index (χ3v) is 0.501. The van der Waals surface area contributed by atoms with Gasteiger partial charge < -0.3 is 11.1 Å². The molecular weight excluding hydrogens is 108 g/mol. The Hall–Kier alpha value is -0.570. The molecular formula is C4H8N2S. The minimum absolute atomic E-state index is 0.724. The molecule has 2 nitrogen and oxygen atoms in total. The van der Waals surface area contributed by atoms with Gasteiger partial charge in [-0.05, 0) is 6.92 Å². The molecule has 0 heterocycles. The van der Waals surface area contributed by atoms with E-state index in [0.717, 1.165) is 4.99 Å². The van der Waals surface area contributed by atoms with Crippen LogP contribution in [0, 0.1) is 0 Å². The van der Waals surface area contributed by atoms with Gasteiger partial charge in [0.05, 0.1) is 4.99 Å². The fourth-order valence-corrected chi connectivity index (χ4v) is 0.234. The summed E-state index contributed by atoms with van der Waals surface area (Å²) >= 11 is 4.64. The lowest BCUT2D eigenvalue weighted by molar-refractivity contribution is 1.28. The van der Waals surface area contributed by atoms with E-state index < -0.39 is 0 Å². The number of hydrogen-bond donors (Lipinski definition) is 2. The van der Waals surface area contributed by atoms with Gasteiger partial charge in [-0.1, -0.05) is 12.2 Å². The molecule has 0 spiro atoms. The van der Waals surface area contributed by atoms with Crippen LogP contribution in [0.2, 0.25) is 0 Å². The molecule has 0 saturated heterocycles. The van der Waals surface area contributed by atoms with E-state index >= 15 is 0 Å². The molecule has 7 heavy (non-hydrogen) atoms. The number of rotatable bonds is 1. The van der Waals surface area contributed by atoms with Crippen molar-refractivity contribution < 1.29 is 0 Å². The van der Waals surface area contributed by atoms with Gasteiger partial charge in [0.15, 0.2) is 0 Å². The zero-order chi connectivity index (χ0) is 5.70. The number of nitrogens with one attached hydrogen (secondary N) is 1. The van der Waals surface area contributed by atoms with Crippen molar-refractivity contribution >= 4 is 17.2 Å². The third kappa shape index (κ3) is 5.43. The van der Waals surface area contributed by atoms with Gasteiger partial charge in [-0.25, -0.2) is 0 Å². The SMILES string of the molecule is CC(=S)N/C=C\N. The first-order chi connectivity index (χ1) is 3.27. The summed E-state index contributed by atoms with van der Waals surface area (Å²) in [6, 6.07) is 0. The molecule has 0 aliphatic heterocycles. The lowest BCUT2D eigenvalue weighted by Crippen LogP contribution is -2.09. The Morgan fingerprint density at radius 3 is 2.57 bits per heavy atom. The van der Waals surface area contributed by atoms with E-state index in [9.17, 15) is 0 Å². The van der Waals surface area contributed by atoms with Crippen LogP contribution in [0.3, 0.4) is 0 Å². The maximum Gasteiger partial charge on any atom is 0.0761 e. The molecule has 0 saturated carbocycles. The van der Waals surface area contributed by atoms with Crippen molar-refractivity contribution in [2.24, 2.45) is 5.73 Å². The van der Waals surface area contributed by atoms with E-state index in [1.807, 2.05) is 0 Å². The summed E-state index contributed by atoms with van der Waals surface area (Å²) in [5, 5.41) is 2.72. The Bertz CT molecular complexity index is 87.7. The van der Waals surface area contributed by atoms with E-state index in [1.54, 1.807) is 13.1 Å². The second kappa shape index (κ2) is 3.61. The van der Waals surface area contributed by atoms with Gasteiger partial charge in [-0.3, -0.25) is 0 Å². The fourth-order valence-electron chi connectivity index (χ4n) is 0.165. The highest BCUT2D eigenvalue weighted by Crippen LogP contribution is 1.64. The molecule has 0 fully saturated rings. The molecule has 0 aromatic carbocycles. The van der Waals surface area contributed by atoms with Gasteiger partial charge in [0.1, 0.15) is 0 Å². The summed E-state index contributed by atoms with van der Waals surface area (Å²) in [5.41, 5.74) is 4.97. The summed E-state index contributed by atoms with van der Waals surface area (Å²) in [4.78, 5) is 0.724. The number of hydrogen-bond acceptors (Lipinski definition) is 2. The number of thiocarbonyl (C=S) groups is 1. The van der Waals surface area contributed by atoms with E-state index in [2.05, 4.69) is 17.5 Å². The van der Waals surface area contributed by atoms with Crippen LogP contribution in [0.4, 0.5) is 0 Å². The summed E-state index contributed by atoms with van der Waals surface area (Å²) in [7, 11) is 0. The summed E-state index contributed by atoms with van der Waals surface area (Å²) in [6.45, 7) is 1.79. The minimum atomic E-state index is 0.724. The Morgan fingerprint density at radius 1 is 1.86 bits per heavy atom. The molecule has 0 aromatic rings. The first-order valence-corrected chi connectivity index (χ1v) is 2.32. The summed E-state index contributed by atoms with van der Waals surface area (Å²) < 4.78 is 0. The van der Waals surface area contributed by atoms with E-state index in [-0.39, 0.29) is 0 Å². The molecule has 0 unspecified atom stereocenters. The van der Waals surface area contributed by atoms with Crippen LogP contribution in [-0.4, -0.2) is 4.99 Å². The van der Waals surface area contributed by atoms with E-state index in [0.29, 0.717) is 0 Å². The van der Waals surface area contributed by atoms with E-state index in [4.69, 9.17) is 5.73 Å². The molecule has 0 aliphatic rings. The average molecular weight is 116 g/mol. The fraction of sp³-hybridized carbons (Fsp3) is 0.250. The maximum atomic E-state index is 4.97. The molecule has 3 N–H and O–H groups in total. The van der Waals surface area contributed by atoms with Gasteiger partial charge >= 0.3 is 0 Å². The van der Waals surface area contributed by atoms with Crippen molar-refractivity contribution in [1.82, 2.24) is 5.32 Å². The second-order valence-corrected chi connectivity index (χ2v) is 1.67. The molecule has 0 rings (SSSR count). The zero-order valence-electron chi connectivity index (χ0n) is 4.14. The standard InChI is InChI=1S/C4H8N2S/c1-4(7)6-3-2-5/h2-3H,5H2,1H3,(H,6,7)/b3-2-. The van der Waals surface area contributed by atoms with Crippen LogP contribution in [0.15, 0.2) is 12.4 Å². The normalized spacial score (nSPS) is 9.29. The molecule has 40 valence electrons. The van der Waals surface area contributed by atoms with Gasteiger partial charge in [0, 0.05) is 12.4 Å². The largest absolute Gasteiger partial charge is 0.403 e. The third-order valence-electron chi connectivity index (χ3n) is 0.383. The van der Waals surface area contributed by atoms with Gasteiger partial charge in [-0.2, -0.15) is 0 Å². The maximum absolute atomic E-state index is 4.97. The Balaban J connectivity index is 3.14. The predicted octanol–water partition coefficient (Wildman–Crippen LogP) is 0.353. The van der Waals surface area contributed by atoms with Crippen LogP contribution < -0.4 is 11.1 Å². The smallest absolute Gasteiger partial charge is 0.0761 e. The quantitative estimate of drug-likeness (QED) is 0.485. The summed E-state index contributed by atoms with van der Waals surface area (Å²) in [5.74, 6) is 0. The molecule has 0 radical (unpaired) electrons. The molecule has 0 amide bonds. The first kappa shape index (κ1) is 6.43. The van der Waals surface area contributed by atoms with Crippen molar-refractivity contribution in [2.75, 3.05) is 0 Å². The number of nitrogens with two attached hydrogens (primary N) is 1. The highest BCUT2D eigenvalue weighted by molar-refractivity contribution is 7.80. The molecule has 0 bridgehead atoms. The Morgan fingerprint density at radius 2 is 2.43 bits per heavy atom. The molecule has 0 aliphatic carbocycles. The Kier molecular flexibility index (Phi) is 3.32.